The van der Waals surface area contributed by atoms with Crippen molar-refractivity contribution in [2.75, 3.05) is 0 Å². The Bertz CT molecular complexity index is 464. The first kappa shape index (κ1) is 10.9. The quantitative estimate of drug-likeness (QED) is 0.355. The number of nitriles is 1. The van der Waals surface area contributed by atoms with Crippen molar-refractivity contribution in [2.45, 2.75) is 5.50 Å². The summed E-state index contributed by atoms with van der Waals surface area (Å²) in [6, 6.07) is 1.12. The highest BCUT2D eigenvalue weighted by Gasteiger charge is 2.39. The van der Waals surface area contributed by atoms with Crippen molar-refractivity contribution in [3.8, 4) is 6.07 Å². The second-order valence-corrected chi connectivity index (χ2v) is 3.60. The van der Waals surface area contributed by atoms with Crippen molar-refractivity contribution in [2.24, 2.45) is 0 Å². The van der Waals surface area contributed by atoms with Gasteiger partial charge in [-0.2, -0.15) is 5.26 Å². The van der Waals surface area contributed by atoms with Crippen molar-refractivity contribution in [1.82, 2.24) is 0 Å². The number of sulfone groups is 1. The zero-order valence-electron chi connectivity index (χ0n) is 6.09. The van der Waals surface area contributed by atoms with Gasteiger partial charge in [-0.15, -0.1) is 0 Å². The van der Waals surface area contributed by atoms with Crippen LogP contribution in [0.15, 0.2) is 4.91 Å². The fourth-order valence-electron chi connectivity index (χ4n) is 0.425. The fourth-order valence-corrected chi connectivity index (χ4v) is 1.17. The Morgan fingerprint density at radius 1 is 1.46 bits per heavy atom. The van der Waals surface area contributed by atoms with E-state index in [-0.39, 0.29) is 0 Å². The lowest BCUT2D eigenvalue weighted by Gasteiger charge is -1.93. The Balaban J connectivity index is 5.56. The molecule has 64 valence electrons. The molecule has 0 radical (unpaired) electrons. The van der Waals surface area contributed by atoms with Crippen LogP contribution in [0.4, 0.5) is 0 Å². The lowest BCUT2D eigenvalue weighted by molar-refractivity contribution is 0.601. The Kier molecular flexibility index (Phi) is 3.38. The van der Waals surface area contributed by atoms with E-state index < -0.39 is 20.2 Å². The summed E-state index contributed by atoms with van der Waals surface area (Å²) in [6.07, 6.45) is 0. The van der Waals surface area contributed by atoms with E-state index in [0.717, 1.165) is 11.9 Å². The molecule has 13 heavy (non-hydrogen) atoms. The minimum atomic E-state index is -4.38. The smallest absolute Gasteiger partial charge is 0.583 e. The second kappa shape index (κ2) is 4.04. The molecular weight excluding hydrogens is 192 g/mol. The highest BCUT2D eigenvalue weighted by molar-refractivity contribution is 7.96. The zero-order chi connectivity index (χ0) is 10.5. The minimum absolute atomic E-state index is 1.11. The molecule has 0 aliphatic rings. The van der Waals surface area contributed by atoms with Gasteiger partial charge in [0.1, 0.15) is 6.07 Å². The molecule has 0 aliphatic heterocycles. The molecule has 0 N–H and O–H groups in total. The van der Waals surface area contributed by atoms with Crippen LogP contribution in [0.2, 0.25) is 0 Å². The summed E-state index contributed by atoms with van der Waals surface area (Å²) >= 11 is 0. The molecule has 0 fully saturated rings. The van der Waals surface area contributed by atoms with Gasteiger partial charge in [0.2, 0.25) is 0 Å². The largest absolute Gasteiger partial charge is 0.762 e. The van der Waals surface area contributed by atoms with Crippen LogP contribution in [0.25, 0.3) is 15.1 Å². The van der Waals surface area contributed by atoms with Crippen LogP contribution in [-0.4, -0.2) is 19.8 Å². The fraction of sp³-hybridized carbons (Fsp3) is 0.167. The summed E-state index contributed by atoms with van der Waals surface area (Å²) in [6.45, 7) is 12.7. The average molecular weight is 193 g/mol. The van der Waals surface area contributed by atoms with E-state index in [2.05, 4.69) is 9.69 Å². The predicted molar refractivity (Wildman–Crippen MR) is 43.4 cm³/mol. The molecule has 0 bridgehead atoms. The van der Waals surface area contributed by atoms with Gasteiger partial charge in [-0.05, 0) is 0 Å². The average Bonchev–Trinajstić information content (AvgIpc) is 2.07. The summed E-state index contributed by atoms with van der Waals surface area (Å²) in [7, 11) is -4.38. The van der Waals surface area contributed by atoms with E-state index in [1.807, 2.05) is 0 Å². The molecule has 0 aliphatic carbocycles. The van der Waals surface area contributed by atoms with Gasteiger partial charge in [0.25, 0.3) is 0 Å². The number of hydrogen-bond acceptors (Lipinski definition) is 3. The van der Waals surface area contributed by atoms with Gasteiger partial charge in [0.15, 0.2) is 4.91 Å². The number of allylic oxidation sites excluding steroid dienone is 1. The molecule has 6 nitrogen and oxygen atoms in total. The monoisotopic (exact) mass is 193 g/mol. The molecule has 0 heterocycles. The summed E-state index contributed by atoms with van der Waals surface area (Å²) < 4.78 is 22.1. The maximum atomic E-state index is 11.0. The zero-order valence-corrected chi connectivity index (χ0v) is 6.91. The summed E-state index contributed by atoms with van der Waals surface area (Å²) in [4.78, 5) is 3.85. The molecule has 0 atom stereocenters. The molecule has 0 unspecified atom stereocenters. The Morgan fingerprint density at radius 3 is 2.15 bits per heavy atom. The van der Waals surface area contributed by atoms with Gasteiger partial charge in [-0.3, -0.25) is 0 Å². The Labute approximate surface area is 74.8 Å². The summed E-state index contributed by atoms with van der Waals surface area (Å²) in [5, 5.41) is 16.4. The number of hydrogen-bond donors (Lipinski definition) is 0. The van der Waals surface area contributed by atoms with Crippen LogP contribution < -0.4 is 0 Å². The first-order chi connectivity index (χ1) is 6.04. The van der Waals surface area contributed by atoms with E-state index in [1.54, 1.807) is 0 Å². The Morgan fingerprint density at radius 2 is 1.92 bits per heavy atom. The highest BCUT2D eigenvalue weighted by Crippen LogP contribution is 2.12. The van der Waals surface area contributed by atoms with Crippen molar-refractivity contribution in [1.29, 1.82) is 5.26 Å². The molecule has 0 rings (SSSR count). The van der Waals surface area contributed by atoms with Crippen LogP contribution in [0.1, 0.15) is 0 Å². The van der Waals surface area contributed by atoms with Crippen molar-refractivity contribution in [3.05, 3.63) is 33.1 Å². The lowest BCUT2D eigenvalue weighted by atomic mass is 10.7. The van der Waals surface area contributed by atoms with E-state index in [4.69, 9.17) is 23.8 Å². The van der Waals surface area contributed by atoms with Crippen LogP contribution >= 0.6 is 0 Å². The van der Waals surface area contributed by atoms with Crippen LogP contribution in [0.5, 0.6) is 0 Å². The third-order valence-electron chi connectivity index (χ3n) is 0.986. The molecule has 0 saturated carbocycles. The van der Waals surface area contributed by atoms with E-state index in [9.17, 15) is 8.42 Å². The molecular formula is C6HN4O2S-. The maximum Gasteiger partial charge on any atom is 0.583 e. The van der Waals surface area contributed by atoms with E-state index >= 15 is 0 Å². The lowest BCUT2D eigenvalue weighted by Crippen LogP contribution is -2.15. The van der Waals surface area contributed by atoms with E-state index in [0.29, 0.717) is 0 Å². The number of rotatable bonds is 2. The van der Waals surface area contributed by atoms with Gasteiger partial charge < -0.3 is 5.41 Å². The second-order valence-electron chi connectivity index (χ2n) is 1.68. The molecule has 0 aromatic rings. The van der Waals surface area contributed by atoms with Crippen molar-refractivity contribution in [3.63, 3.8) is 0 Å². The highest BCUT2D eigenvalue weighted by atomic mass is 32.2. The van der Waals surface area contributed by atoms with Crippen LogP contribution in [0.3, 0.4) is 0 Å². The summed E-state index contributed by atoms with van der Waals surface area (Å²) in [5.74, 6) is 1.12. The third kappa shape index (κ3) is 1.91. The SMILES string of the molecule is [C-]#[N+]C([N+]#[C-])S(=O)(=O)C(=C=[N-])C#N. The first-order valence-corrected chi connectivity index (χ1v) is 4.23. The van der Waals surface area contributed by atoms with Gasteiger partial charge >= 0.3 is 15.3 Å². The van der Waals surface area contributed by atoms with E-state index in [1.165, 1.54) is 0 Å². The molecule has 0 saturated heterocycles. The van der Waals surface area contributed by atoms with Gasteiger partial charge in [0, 0.05) is 0 Å². The summed E-state index contributed by atoms with van der Waals surface area (Å²) in [5.41, 5.74) is -2.03. The third-order valence-corrected chi connectivity index (χ3v) is 2.50. The van der Waals surface area contributed by atoms with Crippen LogP contribution in [0, 0.1) is 24.5 Å². The maximum absolute atomic E-state index is 11.0. The minimum Gasteiger partial charge on any atom is -0.762 e. The molecule has 0 aromatic carbocycles. The molecule has 0 spiro atoms. The first-order valence-electron chi connectivity index (χ1n) is 2.68. The van der Waals surface area contributed by atoms with Gasteiger partial charge in [-0.1, -0.05) is 0 Å². The Hall–Kier alpha value is -2.13. The molecule has 7 heteroatoms. The van der Waals surface area contributed by atoms with Crippen molar-refractivity contribution < 1.29 is 8.42 Å². The topological polar surface area (TPSA) is 88.9 Å². The van der Waals surface area contributed by atoms with Crippen LogP contribution in [-0.2, 0) is 9.84 Å². The number of nitrogens with zero attached hydrogens (tertiary/aromatic N) is 4. The predicted octanol–water partition coefficient (Wildman–Crippen LogP) is 0.170. The molecule has 0 amide bonds. The van der Waals surface area contributed by atoms with Gasteiger partial charge in [0.05, 0.1) is 0 Å². The van der Waals surface area contributed by atoms with Gasteiger partial charge in [-0.25, -0.2) is 37.1 Å². The standard InChI is InChI=1S/C6HN4O2S/c1-9-6(10-2)13(11,12)5(3-7)4-8/h6H/q-1. The molecule has 0 aromatic heterocycles. The normalized spacial score (nSPS) is 9.08. The van der Waals surface area contributed by atoms with Crippen molar-refractivity contribution >= 4 is 15.7 Å².